The summed E-state index contributed by atoms with van der Waals surface area (Å²) in [4.78, 5) is 16.4. The zero-order valence-corrected chi connectivity index (χ0v) is 16.1. The van der Waals surface area contributed by atoms with Gasteiger partial charge in [-0.2, -0.15) is 0 Å². The third-order valence-electron chi connectivity index (χ3n) is 5.12. The molecule has 3 saturated heterocycles. The summed E-state index contributed by atoms with van der Waals surface area (Å²) in [6.07, 6.45) is 3.99. The van der Waals surface area contributed by atoms with Crippen LogP contribution in [0.15, 0.2) is 0 Å². The molecule has 0 bridgehead atoms. The van der Waals surface area contributed by atoms with Gasteiger partial charge in [-0.05, 0) is 38.8 Å². The Balaban J connectivity index is 0.00000156. The topological polar surface area (TPSA) is 44.8 Å². The van der Waals surface area contributed by atoms with Crippen molar-refractivity contribution in [2.75, 3.05) is 45.9 Å². The summed E-state index contributed by atoms with van der Waals surface area (Å²) in [5.74, 6) is -2.94. The molecule has 0 saturated carbocycles. The number of carbonyl (C=O) groups excluding carboxylic acids is 1. The fourth-order valence-electron chi connectivity index (χ4n) is 3.71. The van der Waals surface area contributed by atoms with Crippen LogP contribution < -0.4 is 5.32 Å². The Morgan fingerprint density at radius 1 is 1.12 bits per heavy atom. The third-order valence-corrected chi connectivity index (χ3v) is 5.12. The van der Waals surface area contributed by atoms with E-state index in [0.717, 1.165) is 26.0 Å². The Kier molecular flexibility index (Phi) is 9.32. The van der Waals surface area contributed by atoms with Crippen LogP contribution in [0.3, 0.4) is 0 Å². The van der Waals surface area contributed by atoms with Crippen molar-refractivity contribution >= 4 is 30.7 Å². The molecule has 0 spiro atoms. The quantitative estimate of drug-likeness (QED) is 0.761. The molecule has 5 nitrogen and oxygen atoms in total. The Hall–Kier alpha value is -0.210. The highest BCUT2D eigenvalue weighted by atomic mass is 35.5. The van der Waals surface area contributed by atoms with Gasteiger partial charge >= 0.3 is 0 Å². The summed E-state index contributed by atoms with van der Waals surface area (Å²) in [6.45, 7) is 4.91. The minimum Gasteiger partial charge on any atom is -0.377 e. The van der Waals surface area contributed by atoms with E-state index in [9.17, 15) is 13.6 Å². The minimum atomic E-state index is -2.75. The standard InChI is InChI=1S/C16H27F2N3O2.2ClH/c17-16(18)11-14(19-12-16)15(22)21-7-3-13(4-8-21)23-10-9-20-5-1-2-6-20;;/h13-14,19H,1-12H2;2*1H. The van der Waals surface area contributed by atoms with Crippen molar-refractivity contribution in [1.29, 1.82) is 0 Å². The first-order valence-electron chi connectivity index (χ1n) is 8.77. The van der Waals surface area contributed by atoms with E-state index in [2.05, 4.69) is 10.2 Å². The Bertz CT molecular complexity index is 418. The summed E-state index contributed by atoms with van der Waals surface area (Å²) in [5.41, 5.74) is 0. The number of likely N-dealkylation sites (tertiary alicyclic amines) is 2. The second kappa shape index (κ2) is 10.2. The molecule has 0 aliphatic carbocycles. The second-order valence-corrected chi connectivity index (χ2v) is 6.94. The summed E-state index contributed by atoms with van der Waals surface area (Å²) < 4.78 is 32.3. The largest absolute Gasteiger partial charge is 0.377 e. The smallest absolute Gasteiger partial charge is 0.262 e. The van der Waals surface area contributed by atoms with Crippen LogP contribution in [0.4, 0.5) is 8.78 Å². The van der Waals surface area contributed by atoms with E-state index in [-0.39, 0.29) is 49.8 Å². The molecule has 0 aromatic rings. The maximum atomic E-state index is 13.2. The summed E-state index contributed by atoms with van der Waals surface area (Å²) >= 11 is 0. The number of ether oxygens (including phenoxy) is 1. The van der Waals surface area contributed by atoms with Crippen LogP contribution in [0.25, 0.3) is 0 Å². The number of nitrogens with one attached hydrogen (secondary N) is 1. The van der Waals surface area contributed by atoms with Gasteiger partial charge in [0, 0.05) is 26.1 Å². The summed E-state index contributed by atoms with van der Waals surface area (Å²) in [5, 5.41) is 2.64. The number of piperidine rings is 1. The van der Waals surface area contributed by atoms with Gasteiger partial charge in [-0.25, -0.2) is 8.78 Å². The van der Waals surface area contributed by atoms with E-state index in [1.807, 2.05) is 0 Å². The van der Waals surface area contributed by atoms with Gasteiger partial charge in [0.05, 0.1) is 25.3 Å². The van der Waals surface area contributed by atoms with Crippen molar-refractivity contribution < 1.29 is 18.3 Å². The fourth-order valence-corrected chi connectivity index (χ4v) is 3.71. The minimum absolute atomic E-state index is 0. The van der Waals surface area contributed by atoms with Crippen LogP contribution in [-0.4, -0.2) is 79.7 Å². The molecular formula is C16H29Cl2F2N3O2. The van der Waals surface area contributed by atoms with Crippen molar-refractivity contribution in [3.8, 4) is 0 Å². The van der Waals surface area contributed by atoms with Gasteiger partial charge in [0.1, 0.15) is 0 Å². The molecular weight excluding hydrogens is 375 g/mol. The first kappa shape index (κ1) is 22.8. The zero-order chi connectivity index (χ0) is 16.3. The molecule has 3 fully saturated rings. The number of alkyl halides is 2. The van der Waals surface area contributed by atoms with E-state index in [1.54, 1.807) is 4.90 Å². The van der Waals surface area contributed by atoms with Gasteiger partial charge in [0.15, 0.2) is 0 Å². The lowest BCUT2D eigenvalue weighted by molar-refractivity contribution is -0.136. The SMILES string of the molecule is Cl.Cl.O=C(C1CC(F)(F)CN1)N1CCC(OCCN2CCCC2)CC1. The molecule has 0 radical (unpaired) electrons. The monoisotopic (exact) mass is 403 g/mol. The van der Waals surface area contributed by atoms with Crippen LogP contribution >= 0.6 is 24.8 Å². The number of rotatable bonds is 5. The number of amides is 1. The summed E-state index contributed by atoms with van der Waals surface area (Å²) in [7, 11) is 0. The van der Waals surface area contributed by atoms with Crippen LogP contribution in [0.1, 0.15) is 32.1 Å². The van der Waals surface area contributed by atoms with Crippen molar-refractivity contribution in [3.63, 3.8) is 0 Å². The van der Waals surface area contributed by atoms with Gasteiger partial charge in [-0.1, -0.05) is 0 Å². The van der Waals surface area contributed by atoms with Crippen molar-refractivity contribution in [2.45, 2.75) is 50.2 Å². The Morgan fingerprint density at radius 2 is 1.76 bits per heavy atom. The second-order valence-electron chi connectivity index (χ2n) is 6.94. The zero-order valence-electron chi connectivity index (χ0n) is 14.4. The van der Waals surface area contributed by atoms with E-state index in [4.69, 9.17) is 4.74 Å². The maximum Gasteiger partial charge on any atom is 0.262 e. The molecule has 3 rings (SSSR count). The average Bonchev–Trinajstić information content (AvgIpc) is 3.17. The van der Waals surface area contributed by atoms with E-state index >= 15 is 0 Å². The highest BCUT2D eigenvalue weighted by Crippen LogP contribution is 2.27. The molecule has 1 amide bonds. The number of nitrogens with zero attached hydrogens (tertiary/aromatic N) is 2. The van der Waals surface area contributed by atoms with Crippen LogP contribution in [0.5, 0.6) is 0 Å². The number of carbonyl (C=O) groups is 1. The maximum absolute atomic E-state index is 13.2. The fraction of sp³-hybridized carbons (Fsp3) is 0.938. The molecule has 3 aliphatic heterocycles. The molecule has 3 aliphatic rings. The molecule has 1 unspecified atom stereocenters. The lowest BCUT2D eigenvalue weighted by atomic mass is 10.1. The van der Waals surface area contributed by atoms with Crippen LogP contribution in [-0.2, 0) is 9.53 Å². The number of halogens is 4. The van der Waals surface area contributed by atoms with Crippen molar-refractivity contribution in [3.05, 3.63) is 0 Å². The molecule has 0 aromatic heterocycles. The lowest BCUT2D eigenvalue weighted by Gasteiger charge is -2.33. The van der Waals surface area contributed by atoms with E-state index < -0.39 is 12.0 Å². The molecule has 1 N–H and O–H groups in total. The van der Waals surface area contributed by atoms with Crippen LogP contribution in [0.2, 0.25) is 0 Å². The number of hydrogen-bond acceptors (Lipinski definition) is 4. The summed E-state index contributed by atoms with van der Waals surface area (Å²) in [6, 6.07) is -0.724. The normalized spacial score (nSPS) is 27.0. The van der Waals surface area contributed by atoms with E-state index in [1.165, 1.54) is 25.9 Å². The molecule has 3 heterocycles. The van der Waals surface area contributed by atoms with Gasteiger partial charge in [0.25, 0.3) is 5.92 Å². The van der Waals surface area contributed by atoms with Crippen LogP contribution in [0, 0.1) is 0 Å². The molecule has 148 valence electrons. The molecule has 9 heteroatoms. The van der Waals surface area contributed by atoms with Crippen molar-refractivity contribution in [1.82, 2.24) is 15.1 Å². The van der Waals surface area contributed by atoms with Gasteiger partial charge in [-0.3, -0.25) is 10.1 Å². The predicted octanol–water partition coefficient (Wildman–Crippen LogP) is 1.93. The number of hydrogen-bond donors (Lipinski definition) is 1. The average molecular weight is 404 g/mol. The molecule has 1 atom stereocenters. The third kappa shape index (κ3) is 6.47. The predicted molar refractivity (Wildman–Crippen MR) is 97.1 cm³/mol. The van der Waals surface area contributed by atoms with E-state index in [0.29, 0.717) is 13.1 Å². The van der Waals surface area contributed by atoms with Gasteiger partial charge in [-0.15, -0.1) is 24.8 Å². The first-order chi connectivity index (χ1) is 11.0. The van der Waals surface area contributed by atoms with Gasteiger partial charge < -0.3 is 14.5 Å². The Labute approximate surface area is 160 Å². The Morgan fingerprint density at radius 3 is 2.32 bits per heavy atom. The first-order valence-corrected chi connectivity index (χ1v) is 8.77. The molecule has 25 heavy (non-hydrogen) atoms. The molecule has 0 aromatic carbocycles. The lowest BCUT2D eigenvalue weighted by Crippen LogP contribution is -2.48. The van der Waals surface area contributed by atoms with Crippen molar-refractivity contribution in [2.24, 2.45) is 0 Å². The highest BCUT2D eigenvalue weighted by Gasteiger charge is 2.43. The van der Waals surface area contributed by atoms with Gasteiger partial charge in [0.2, 0.25) is 5.91 Å². The highest BCUT2D eigenvalue weighted by molar-refractivity contribution is 5.85.